The maximum absolute atomic E-state index is 13.9. The van der Waals surface area contributed by atoms with Crippen molar-refractivity contribution in [3.63, 3.8) is 0 Å². The van der Waals surface area contributed by atoms with Crippen molar-refractivity contribution in [1.29, 1.82) is 0 Å². The van der Waals surface area contributed by atoms with Gasteiger partial charge in [-0.3, -0.25) is 9.10 Å². The standard InChI is InChI=1S/C17H17F3N2O3S/c1-26(24,25)22(14-8-7-13(18)16(19)17(14)20)10-9-21-15(23)11-12-5-3-2-4-6-12/h2-8H,9-11H2,1H3,(H,21,23). The summed E-state index contributed by atoms with van der Waals surface area (Å²) in [5.74, 6) is -5.14. The van der Waals surface area contributed by atoms with Gasteiger partial charge in [-0.05, 0) is 17.7 Å². The number of carbonyl (C=O) groups excluding carboxylic acids is 1. The number of hydrogen-bond donors (Lipinski definition) is 1. The summed E-state index contributed by atoms with van der Waals surface area (Å²) < 4.78 is 64.7. The molecule has 140 valence electrons. The molecule has 0 heterocycles. The number of hydrogen-bond acceptors (Lipinski definition) is 3. The first-order valence-corrected chi connectivity index (χ1v) is 9.47. The average molecular weight is 386 g/mol. The molecule has 0 fully saturated rings. The van der Waals surface area contributed by atoms with Crippen LogP contribution in [0.4, 0.5) is 18.9 Å². The van der Waals surface area contributed by atoms with Gasteiger partial charge in [0.25, 0.3) is 0 Å². The number of rotatable bonds is 7. The molecule has 0 aliphatic heterocycles. The molecule has 2 aromatic rings. The molecular formula is C17H17F3N2O3S. The van der Waals surface area contributed by atoms with Crippen LogP contribution < -0.4 is 9.62 Å². The van der Waals surface area contributed by atoms with E-state index in [0.29, 0.717) is 10.4 Å². The lowest BCUT2D eigenvalue weighted by atomic mass is 10.1. The van der Waals surface area contributed by atoms with Crippen LogP contribution in [0.1, 0.15) is 5.56 Å². The summed E-state index contributed by atoms with van der Waals surface area (Å²) in [6.07, 6.45) is 0.902. The first-order valence-electron chi connectivity index (χ1n) is 7.62. The van der Waals surface area contributed by atoms with E-state index in [9.17, 15) is 26.4 Å². The van der Waals surface area contributed by atoms with Crippen LogP contribution in [-0.2, 0) is 21.2 Å². The van der Waals surface area contributed by atoms with Crippen LogP contribution in [0.15, 0.2) is 42.5 Å². The molecule has 0 unspecified atom stereocenters. The highest BCUT2D eigenvalue weighted by Crippen LogP contribution is 2.25. The summed E-state index contributed by atoms with van der Waals surface area (Å²) >= 11 is 0. The van der Waals surface area contributed by atoms with Crippen LogP contribution in [0, 0.1) is 17.5 Å². The van der Waals surface area contributed by atoms with Crippen molar-refractivity contribution < 1.29 is 26.4 Å². The Bertz CT molecular complexity index is 890. The normalized spacial score (nSPS) is 11.2. The summed E-state index contributed by atoms with van der Waals surface area (Å²) in [5, 5.41) is 2.51. The fourth-order valence-corrected chi connectivity index (χ4v) is 3.24. The summed E-state index contributed by atoms with van der Waals surface area (Å²) in [4.78, 5) is 11.9. The van der Waals surface area contributed by atoms with Crippen molar-refractivity contribution in [1.82, 2.24) is 5.32 Å². The lowest BCUT2D eigenvalue weighted by molar-refractivity contribution is -0.120. The van der Waals surface area contributed by atoms with E-state index in [2.05, 4.69) is 5.32 Å². The zero-order chi connectivity index (χ0) is 19.3. The van der Waals surface area contributed by atoms with Gasteiger partial charge in [-0.2, -0.15) is 0 Å². The number of nitrogens with one attached hydrogen (secondary N) is 1. The van der Waals surface area contributed by atoms with E-state index >= 15 is 0 Å². The van der Waals surface area contributed by atoms with Gasteiger partial charge in [0.2, 0.25) is 15.9 Å². The lowest BCUT2D eigenvalue weighted by Crippen LogP contribution is -2.39. The Morgan fingerprint density at radius 2 is 1.69 bits per heavy atom. The Kier molecular flexibility index (Phi) is 6.25. The number of benzene rings is 2. The Labute approximate surface area is 149 Å². The molecule has 0 spiro atoms. The Morgan fingerprint density at radius 1 is 1.04 bits per heavy atom. The van der Waals surface area contributed by atoms with Crippen LogP contribution in [0.2, 0.25) is 0 Å². The van der Waals surface area contributed by atoms with Crippen LogP contribution >= 0.6 is 0 Å². The number of nitrogens with zero attached hydrogens (tertiary/aromatic N) is 1. The van der Waals surface area contributed by atoms with Crippen LogP contribution in [0.25, 0.3) is 0 Å². The molecule has 1 amide bonds. The molecule has 0 aliphatic carbocycles. The van der Waals surface area contributed by atoms with E-state index in [1.165, 1.54) is 0 Å². The fraction of sp³-hybridized carbons (Fsp3) is 0.235. The van der Waals surface area contributed by atoms with Crippen molar-refractivity contribution >= 4 is 21.6 Å². The minimum atomic E-state index is -3.97. The second-order valence-electron chi connectivity index (χ2n) is 5.54. The molecule has 1 N–H and O–H groups in total. The Hall–Kier alpha value is -2.55. The van der Waals surface area contributed by atoms with E-state index in [0.717, 1.165) is 17.9 Å². The van der Waals surface area contributed by atoms with E-state index in [-0.39, 0.29) is 25.4 Å². The summed E-state index contributed by atoms with van der Waals surface area (Å²) in [6, 6.07) is 10.4. The molecule has 9 heteroatoms. The molecule has 0 saturated carbocycles. The highest BCUT2D eigenvalue weighted by atomic mass is 32.2. The second-order valence-corrected chi connectivity index (χ2v) is 7.45. The quantitative estimate of drug-likeness (QED) is 0.742. The first kappa shape index (κ1) is 19.8. The number of anilines is 1. The molecule has 2 aromatic carbocycles. The lowest BCUT2D eigenvalue weighted by Gasteiger charge is -2.23. The third-order valence-corrected chi connectivity index (χ3v) is 4.71. The minimum absolute atomic E-state index is 0.0965. The summed E-state index contributed by atoms with van der Waals surface area (Å²) in [6.45, 7) is -0.460. The maximum atomic E-state index is 13.9. The molecule has 5 nitrogen and oxygen atoms in total. The van der Waals surface area contributed by atoms with Crippen LogP contribution in [-0.4, -0.2) is 33.7 Å². The maximum Gasteiger partial charge on any atom is 0.232 e. The van der Waals surface area contributed by atoms with Gasteiger partial charge in [0.1, 0.15) is 0 Å². The number of amides is 1. The Morgan fingerprint density at radius 3 is 2.31 bits per heavy atom. The van der Waals surface area contributed by atoms with Gasteiger partial charge in [-0.15, -0.1) is 0 Å². The van der Waals surface area contributed by atoms with Crippen LogP contribution in [0.3, 0.4) is 0 Å². The van der Waals surface area contributed by atoms with Crippen molar-refractivity contribution in [2.24, 2.45) is 0 Å². The number of carbonyl (C=O) groups is 1. The van der Waals surface area contributed by atoms with E-state index in [4.69, 9.17) is 0 Å². The molecule has 26 heavy (non-hydrogen) atoms. The molecule has 0 atom stereocenters. The first-order chi connectivity index (χ1) is 12.2. The minimum Gasteiger partial charge on any atom is -0.354 e. The highest BCUT2D eigenvalue weighted by Gasteiger charge is 2.24. The van der Waals surface area contributed by atoms with Gasteiger partial charge in [0, 0.05) is 6.54 Å². The van der Waals surface area contributed by atoms with E-state index in [1.54, 1.807) is 24.3 Å². The Balaban J connectivity index is 2.06. The predicted molar refractivity (Wildman–Crippen MR) is 91.7 cm³/mol. The van der Waals surface area contributed by atoms with Crippen molar-refractivity contribution in [2.75, 3.05) is 23.7 Å². The average Bonchev–Trinajstić information content (AvgIpc) is 2.57. The summed E-state index contributed by atoms with van der Waals surface area (Å²) in [5.41, 5.74) is 0.153. The van der Waals surface area contributed by atoms with Gasteiger partial charge >= 0.3 is 0 Å². The van der Waals surface area contributed by atoms with Crippen molar-refractivity contribution in [3.8, 4) is 0 Å². The van der Waals surface area contributed by atoms with Gasteiger partial charge in [-0.25, -0.2) is 21.6 Å². The van der Waals surface area contributed by atoms with E-state index < -0.39 is 33.2 Å². The highest BCUT2D eigenvalue weighted by molar-refractivity contribution is 7.92. The SMILES string of the molecule is CS(=O)(=O)N(CCNC(=O)Cc1ccccc1)c1ccc(F)c(F)c1F. The smallest absolute Gasteiger partial charge is 0.232 e. The fourth-order valence-electron chi connectivity index (χ4n) is 2.31. The second kappa shape index (κ2) is 8.22. The molecule has 0 aromatic heterocycles. The van der Waals surface area contributed by atoms with Gasteiger partial charge < -0.3 is 5.32 Å². The zero-order valence-corrected chi connectivity index (χ0v) is 14.7. The largest absolute Gasteiger partial charge is 0.354 e. The van der Waals surface area contributed by atoms with Crippen molar-refractivity contribution in [3.05, 3.63) is 65.5 Å². The molecule has 0 aliphatic rings. The molecule has 0 bridgehead atoms. The summed E-state index contributed by atoms with van der Waals surface area (Å²) in [7, 11) is -3.97. The van der Waals surface area contributed by atoms with Crippen molar-refractivity contribution in [2.45, 2.75) is 6.42 Å². The zero-order valence-electron chi connectivity index (χ0n) is 13.9. The third kappa shape index (κ3) is 4.98. The van der Waals surface area contributed by atoms with E-state index in [1.807, 2.05) is 6.07 Å². The van der Waals surface area contributed by atoms with Gasteiger partial charge in [0.05, 0.1) is 24.9 Å². The predicted octanol–water partition coefficient (Wildman–Crippen LogP) is 2.23. The van der Waals surface area contributed by atoms with Crippen LogP contribution in [0.5, 0.6) is 0 Å². The number of sulfonamides is 1. The molecule has 2 rings (SSSR count). The van der Waals surface area contributed by atoms with Gasteiger partial charge in [0.15, 0.2) is 17.5 Å². The molecule has 0 radical (unpaired) electrons. The monoisotopic (exact) mass is 386 g/mol. The van der Waals surface area contributed by atoms with Gasteiger partial charge in [-0.1, -0.05) is 30.3 Å². The topological polar surface area (TPSA) is 66.5 Å². The third-order valence-electron chi connectivity index (χ3n) is 3.53. The molecule has 0 saturated heterocycles. The number of halogens is 3. The molecular weight excluding hydrogens is 369 g/mol.